The molecule has 0 radical (unpaired) electrons. The second-order valence-corrected chi connectivity index (χ2v) is 9.64. The Morgan fingerprint density at radius 1 is 0.829 bits per heavy atom. The van der Waals surface area contributed by atoms with E-state index in [2.05, 4.69) is 46.3 Å². The highest BCUT2D eigenvalue weighted by atomic mass is 16.2. The third-order valence-electron chi connectivity index (χ3n) is 7.40. The molecular weight excluding hydrogens is 434 g/mol. The van der Waals surface area contributed by atoms with Crippen LogP contribution in [-0.4, -0.2) is 56.7 Å². The Morgan fingerprint density at radius 2 is 1.63 bits per heavy atom. The number of piperazine rings is 1. The van der Waals surface area contributed by atoms with Crippen molar-refractivity contribution in [3.05, 3.63) is 89.4 Å². The molecule has 0 spiro atoms. The number of amides is 1. The Morgan fingerprint density at radius 3 is 2.49 bits per heavy atom. The molecule has 1 fully saturated rings. The van der Waals surface area contributed by atoms with Crippen LogP contribution in [-0.2, 0) is 19.4 Å². The van der Waals surface area contributed by atoms with Gasteiger partial charge >= 0.3 is 0 Å². The maximum atomic E-state index is 13.7. The molecule has 1 saturated heterocycles. The standard InChI is InChI=1S/C29H31N5O/c35-29(28-25-14-5-2-6-15-26(25)34(31-28)24-12-3-1-4-13-24)33-19-17-32(18-20-33)21-23-10-7-9-22-11-8-16-30-27(22)23/h1,3-4,7-13,16H,2,5-6,14-15,17-21H2. The van der Waals surface area contributed by atoms with E-state index in [0.29, 0.717) is 5.69 Å². The van der Waals surface area contributed by atoms with Crippen LogP contribution in [0, 0.1) is 0 Å². The van der Waals surface area contributed by atoms with E-state index in [0.717, 1.165) is 69.6 Å². The fraction of sp³-hybridized carbons (Fsp3) is 0.345. The molecule has 4 aromatic rings. The van der Waals surface area contributed by atoms with Gasteiger partial charge in [-0.1, -0.05) is 48.9 Å². The van der Waals surface area contributed by atoms with E-state index >= 15 is 0 Å². The minimum atomic E-state index is 0.0873. The van der Waals surface area contributed by atoms with Gasteiger partial charge in [-0.25, -0.2) is 4.68 Å². The molecule has 2 aromatic heterocycles. The lowest BCUT2D eigenvalue weighted by molar-refractivity contribution is 0.0621. The summed E-state index contributed by atoms with van der Waals surface area (Å²) in [7, 11) is 0. The van der Waals surface area contributed by atoms with Gasteiger partial charge in [-0.2, -0.15) is 5.10 Å². The van der Waals surface area contributed by atoms with Crippen molar-refractivity contribution in [3.63, 3.8) is 0 Å². The van der Waals surface area contributed by atoms with Crippen LogP contribution in [0.2, 0.25) is 0 Å². The van der Waals surface area contributed by atoms with E-state index < -0.39 is 0 Å². The SMILES string of the molecule is O=C(c1nn(-c2ccccc2)c2c1CCCCC2)N1CCN(Cc2cccc3cccnc23)CC1. The first-order chi connectivity index (χ1) is 17.3. The molecule has 6 rings (SSSR count). The first-order valence-corrected chi connectivity index (χ1v) is 12.8. The van der Waals surface area contributed by atoms with Crippen LogP contribution in [0.4, 0.5) is 0 Å². The topological polar surface area (TPSA) is 54.3 Å². The van der Waals surface area contributed by atoms with E-state index in [1.54, 1.807) is 0 Å². The average molecular weight is 466 g/mol. The molecule has 3 heterocycles. The molecule has 2 aromatic carbocycles. The zero-order valence-electron chi connectivity index (χ0n) is 20.1. The van der Waals surface area contributed by atoms with Gasteiger partial charge in [-0.05, 0) is 49.4 Å². The predicted molar refractivity (Wildman–Crippen MR) is 138 cm³/mol. The largest absolute Gasteiger partial charge is 0.335 e. The summed E-state index contributed by atoms with van der Waals surface area (Å²) in [6.07, 6.45) is 7.27. The number of fused-ring (bicyclic) bond motifs is 2. The number of hydrogen-bond donors (Lipinski definition) is 0. The molecule has 1 aliphatic carbocycles. The molecule has 0 atom stereocenters. The fourth-order valence-electron chi connectivity index (χ4n) is 5.53. The van der Waals surface area contributed by atoms with Gasteiger partial charge in [0.05, 0.1) is 11.2 Å². The molecule has 6 nitrogen and oxygen atoms in total. The Bertz CT molecular complexity index is 1330. The summed E-state index contributed by atoms with van der Waals surface area (Å²) in [5.74, 6) is 0.0873. The van der Waals surface area contributed by atoms with Crippen molar-refractivity contribution in [2.75, 3.05) is 26.2 Å². The minimum Gasteiger partial charge on any atom is -0.335 e. The van der Waals surface area contributed by atoms with Crippen molar-refractivity contribution < 1.29 is 4.79 Å². The Hall–Kier alpha value is -3.51. The lowest BCUT2D eigenvalue weighted by atomic mass is 10.1. The van der Waals surface area contributed by atoms with Crippen molar-refractivity contribution >= 4 is 16.8 Å². The number of rotatable bonds is 4. The highest BCUT2D eigenvalue weighted by Crippen LogP contribution is 2.27. The van der Waals surface area contributed by atoms with Crippen LogP contribution < -0.4 is 0 Å². The maximum Gasteiger partial charge on any atom is 0.274 e. The number of nitrogens with zero attached hydrogens (tertiary/aromatic N) is 5. The van der Waals surface area contributed by atoms with Crippen molar-refractivity contribution in [1.82, 2.24) is 24.6 Å². The quantitative estimate of drug-likeness (QED) is 0.412. The Kier molecular flexibility index (Phi) is 6.05. The summed E-state index contributed by atoms with van der Waals surface area (Å²) in [4.78, 5) is 22.7. The summed E-state index contributed by atoms with van der Waals surface area (Å²) >= 11 is 0. The number of para-hydroxylation sites is 2. The van der Waals surface area contributed by atoms with E-state index in [9.17, 15) is 4.79 Å². The highest BCUT2D eigenvalue weighted by molar-refractivity contribution is 5.94. The zero-order chi connectivity index (χ0) is 23.6. The fourth-order valence-corrected chi connectivity index (χ4v) is 5.53. The number of pyridine rings is 1. The van der Waals surface area contributed by atoms with Crippen molar-refractivity contribution in [2.24, 2.45) is 0 Å². The van der Waals surface area contributed by atoms with Crippen molar-refractivity contribution in [2.45, 2.75) is 38.6 Å². The number of benzene rings is 2. The van der Waals surface area contributed by atoms with Crippen LogP contribution in [0.3, 0.4) is 0 Å². The van der Waals surface area contributed by atoms with Gasteiger partial charge in [0.15, 0.2) is 5.69 Å². The number of aromatic nitrogens is 3. The van der Waals surface area contributed by atoms with Crippen LogP contribution in [0.5, 0.6) is 0 Å². The van der Waals surface area contributed by atoms with Gasteiger partial charge in [-0.3, -0.25) is 14.7 Å². The number of carbonyl (C=O) groups excluding carboxylic acids is 1. The maximum absolute atomic E-state index is 13.7. The van der Waals surface area contributed by atoms with E-state index in [-0.39, 0.29) is 5.91 Å². The smallest absolute Gasteiger partial charge is 0.274 e. The lowest BCUT2D eigenvalue weighted by Crippen LogP contribution is -2.48. The second kappa shape index (κ2) is 9.62. The molecule has 0 unspecified atom stereocenters. The predicted octanol–water partition coefficient (Wildman–Crippen LogP) is 4.65. The van der Waals surface area contributed by atoms with Gasteiger partial charge in [0.2, 0.25) is 0 Å². The molecular formula is C29H31N5O. The third kappa shape index (κ3) is 4.34. The first-order valence-electron chi connectivity index (χ1n) is 12.8. The molecule has 0 bridgehead atoms. The highest BCUT2D eigenvalue weighted by Gasteiger charge is 2.29. The summed E-state index contributed by atoms with van der Waals surface area (Å²) in [5.41, 5.74) is 6.41. The second-order valence-electron chi connectivity index (χ2n) is 9.64. The number of hydrogen-bond acceptors (Lipinski definition) is 4. The zero-order valence-corrected chi connectivity index (χ0v) is 20.1. The summed E-state index contributed by atoms with van der Waals surface area (Å²) in [6, 6.07) is 20.7. The minimum absolute atomic E-state index is 0.0873. The first kappa shape index (κ1) is 22.0. The molecule has 6 heteroatoms. The number of carbonyl (C=O) groups is 1. The van der Waals surface area contributed by atoms with E-state index in [4.69, 9.17) is 5.10 Å². The van der Waals surface area contributed by atoms with Crippen molar-refractivity contribution in [3.8, 4) is 5.69 Å². The third-order valence-corrected chi connectivity index (χ3v) is 7.40. The van der Waals surface area contributed by atoms with Crippen molar-refractivity contribution in [1.29, 1.82) is 0 Å². The van der Waals surface area contributed by atoms with Crippen LogP contribution in [0.25, 0.3) is 16.6 Å². The molecule has 0 saturated carbocycles. The van der Waals surface area contributed by atoms with Crippen LogP contribution >= 0.6 is 0 Å². The summed E-state index contributed by atoms with van der Waals surface area (Å²) in [6.45, 7) is 4.02. The normalized spacial score (nSPS) is 16.7. The molecule has 1 aliphatic heterocycles. The van der Waals surface area contributed by atoms with Gasteiger partial charge < -0.3 is 4.90 Å². The van der Waals surface area contributed by atoms with Crippen LogP contribution in [0.15, 0.2) is 66.9 Å². The van der Waals surface area contributed by atoms with Gasteiger partial charge in [0, 0.05) is 55.6 Å². The average Bonchev–Trinajstić information content (AvgIpc) is 3.10. The van der Waals surface area contributed by atoms with E-state index in [1.807, 2.05) is 40.0 Å². The van der Waals surface area contributed by atoms with Crippen LogP contribution in [0.1, 0.15) is 46.6 Å². The van der Waals surface area contributed by atoms with Gasteiger partial charge in [0.25, 0.3) is 5.91 Å². The molecule has 35 heavy (non-hydrogen) atoms. The Labute approximate surface area is 206 Å². The summed E-state index contributed by atoms with van der Waals surface area (Å²) in [5, 5.41) is 6.08. The monoisotopic (exact) mass is 465 g/mol. The van der Waals surface area contributed by atoms with E-state index in [1.165, 1.54) is 28.6 Å². The molecule has 178 valence electrons. The summed E-state index contributed by atoms with van der Waals surface area (Å²) < 4.78 is 2.03. The molecule has 0 N–H and O–H groups in total. The molecule has 1 amide bonds. The van der Waals surface area contributed by atoms with Gasteiger partial charge in [0.1, 0.15) is 0 Å². The lowest BCUT2D eigenvalue weighted by Gasteiger charge is -2.34. The Balaban J connectivity index is 1.20. The van der Waals surface area contributed by atoms with Gasteiger partial charge in [-0.15, -0.1) is 0 Å². The molecule has 2 aliphatic rings.